The Morgan fingerprint density at radius 2 is 1.71 bits per heavy atom. The van der Waals surface area contributed by atoms with Crippen molar-refractivity contribution < 1.29 is 8.78 Å². The van der Waals surface area contributed by atoms with Gasteiger partial charge in [0.2, 0.25) is 0 Å². The van der Waals surface area contributed by atoms with Crippen molar-refractivity contribution in [2.24, 2.45) is 0 Å². The largest absolute Gasteiger partial charge is 0.206 e. The van der Waals surface area contributed by atoms with Crippen molar-refractivity contribution in [1.82, 2.24) is 0 Å². The molecule has 14 heavy (non-hydrogen) atoms. The molecule has 2 heteroatoms. The lowest BCUT2D eigenvalue weighted by atomic mass is 9.93. The van der Waals surface area contributed by atoms with Gasteiger partial charge in [-0.1, -0.05) is 12.1 Å². The van der Waals surface area contributed by atoms with Crippen LogP contribution in [0.2, 0.25) is 0 Å². The van der Waals surface area contributed by atoms with Gasteiger partial charge in [0, 0.05) is 5.56 Å². The van der Waals surface area contributed by atoms with Gasteiger partial charge in [0.1, 0.15) is 11.6 Å². The summed E-state index contributed by atoms with van der Waals surface area (Å²) in [6.07, 6.45) is 5.82. The van der Waals surface area contributed by atoms with E-state index in [1.54, 1.807) is 0 Å². The second kappa shape index (κ2) is 3.91. The van der Waals surface area contributed by atoms with Gasteiger partial charge in [-0.25, -0.2) is 8.78 Å². The molecule has 0 N–H and O–H groups in total. The van der Waals surface area contributed by atoms with Crippen molar-refractivity contribution in [1.29, 1.82) is 0 Å². The first-order valence-corrected chi connectivity index (χ1v) is 4.92. The molecule has 0 aliphatic heterocycles. The molecule has 0 amide bonds. The van der Waals surface area contributed by atoms with E-state index < -0.39 is 11.6 Å². The van der Waals surface area contributed by atoms with Crippen molar-refractivity contribution in [3.8, 4) is 0 Å². The molecule has 0 radical (unpaired) electrons. The molecule has 1 aromatic carbocycles. The number of hydrogen-bond donors (Lipinski definition) is 0. The summed E-state index contributed by atoms with van der Waals surface area (Å²) in [6, 6.07) is 4.03. The zero-order valence-corrected chi connectivity index (χ0v) is 7.89. The minimum atomic E-state index is -0.446. The van der Waals surface area contributed by atoms with Crippen LogP contribution < -0.4 is 0 Å². The van der Waals surface area contributed by atoms with Gasteiger partial charge in [-0.15, -0.1) is 0 Å². The average molecular weight is 194 g/mol. The van der Waals surface area contributed by atoms with Crippen LogP contribution in [0.5, 0.6) is 0 Å². The smallest absolute Gasteiger partial charge is 0.133 e. The highest BCUT2D eigenvalue weighted by Gasteiger charge is 2.14. The topological polar surface area (TPSA) is 0 Å². The van der Waals surface area contributed by atoms with Gasteiger partial charge < -0.3 is 0 Å². The highest BCUT2D eigenvalue weighted by molar-refractivity contribution is 5.67. The Balaban J connectivity index is 2.44. The Labute approximate surface area is 82.3 Å². The third-order valence-corrected chi connectivity index (χ3v) is 2.57. The normalized spacial score (nSPS) is 16.6. The third kappa shape index (κ3) is 1.69. The Morgan fingerprint density at radius 1 is 1.00 bits per heavy atom. The number of benzene rings is 1. The number of hydrogen-bond acceptors (Lipinski definition) is 0. The van der Waals surface area contributed by atoms with Crippen LogP contribution in [0, 0.1) is 11.6 Å². The maximum absolute atomic E-state index is 13.4. The highest BCUT2D eigenvalue weighted by Crippen LogP contribution is 2.29. The fourth-order valence-electron chi connectivity index (χ4n) is 1.87. The van der Waals surface area contributed by atoms with Crippen molar-refractivity contribution in [2.45, 2.75) is 25.7 Å². The van der Waals surface area contributed by atoms with Crippen molar-refractivity contribution in [3.05, 3.63) is 41.5 Å². The van der Waals surface area contributed by atoms with Crippen LogP contribution in [0.4, 0.5) is 8.78 Å². The van der Waals surface area contributed by atoms with Crippen LogP contribution in [0.25, 0.3) is 5.57 Å². The van der Waals surface area contributed by atoms with E-state index in [0.29, 0.717) is 0 Å². The monoisotopic (exact) mass is 194 g/mol. The summed E-state index contributed by atoms with van der Waals surface area (Å²) in [5.41, 5.74) is 0.999. The summed E-state index contributed by atoms with van der Waals surface area (Å²) in [7, 11) is 0. The van der Waals surface area contributed by atoms with Gasteiger partial charge in [0.05, 0.1) is 0 Å². The molecule has 0 saturated heterocycles. The molecule has 0 spiro atoms. The molecule has 74 valence electrons. The van der Waals surface area contributed by atoms with Crippen LogP contribution in [0.3, 0.4) is 0 Å². The summed E-state index contributed by atoms with van der Waals surface area (Å²) in [5, 5.41) is 0. The second-order valence-electron chi connectivity index (χ2n) is 3.57. The van der Waals surface area contributed by atoms with E-state index in [-0.39, 0.29) is 5.56 Å². The SMILES string of the molecule is Fc1cccc(F)c1C1=CCCCC1. The molecule has 0 heterocycles. The van der Waals surface area contributed by atoms with E-state index in [2.05, 4.69) is 0 Å². The Kier molecular flexibility index (Phi) is 2.62. The van der Waals surface area contributed by atoms with Gasteiger partial charge in [-0.2, -0.15) is 0 Å². The minimum Gasteiger partial charge on any atom is -0.206 e. The number of allylic oxidation sites excluding steroid dienone is 2. The zero-order valence-electron chi connectivity index (χ0n) is 7.89. The molecule has 0 aromatic heterocycles. The fourth-order valence-corrected chi connectivity index (χ4v) is 1.87. The van der Waals surface area contributed by atoms with Crippen molar-refractivity contribution >= 4 is 5.57 Å². The molecule has 0 fully saturated rings. The molecule has 0 nitrogen and oxygen atoms in total. The standard InChI is InChI=1S/C12H12F2/c13-10-7-4-8-11(14)12(10)9-5-2-1-3-6-9/h4-5,7-8H,1-3,6H2. The first kappa shape index (κ1) is 9.38. The fraction of sp³-hybridized carbons (Fsp3) is 0.333. The average Bonchev–Trinajstić information content (AvgIpc) is 2.19. The summed E-state index contributed by atoms with van der Waals surface area (Å²) in [5.74, 6) is -0.892. The third-order valence-electron chi connectivity index (χ3n) is 2.57. The first-order valence-electron chi connectivity index (χ1n) is 4.92. The second-order valence-corrected chi connectivity index (χ2v) is 3.57. The van der Waals surface area contributed by atoms with E-state index in [1.807, 2.05) is 6.08 Å². The lowest BCUT2D eigenvalue weighted by Crippen LogP contribution is -1.98. The first-order chi connectivity index (χ1) is 6.79. The molecule has 1 aliphatic carbocycles. The zero-order chi connectivity index (χ0) is 9.97. The van der Waals surface area contributed by atoms with Gasteiger partial charge in [-0.05, 0) is 43.4 Å². The number of rotatable bonds is 1. The predicted octanol–water partition coefficient (Wildman–Crippen LogP) is 3.92. The van der Waals surface area contributed by atoms with E-state index in [4.69, 9.17) is 0 Å². The lowest BCUT2D eigenvalue weighted by molar-refractivity contribution is 0.573. The van der Waals surface area contributed by atoms with Crippen molar-refractivity contribution in [2.75, 3.05) is 0 Å². The van der Waals surface area contributed by atoms with Crippen LogP contribution in [-0.4, -0.2) is 0 Å². The van der Waals surface area contributed by atoms with Gasteiger partial charge >= 0.3 is 0 Å². The van der Waals surface area contributed by atoms with Crippen LogP contribution >= 0.6 is 0 Å². The Morgan fingerprint density at radius 3 is 2.29 bits per heavy atom. The predicted molar refractivity (Wildman–Crippen MR) is 52.8 cm³/mol. The molecular weight excluding hydrogens is 182 g/mol. The molecule has 2 rings (SSSR count). The molecule has 0 bridgehead atoms. The molecule has 1 aromatic rings. The van der Waals surface area contributed by atoms with Crippen molar-refractivity contribution in [3.63, 3.8) is 0 Å². The van der Waals surface area contributed by atoms with E-state index in [9.17, 15) is 8.78 Å². The van der Waals surface area contributed by atoms with Gasteiger partial charge in [0.15, 0.2) is 0 Å². The summed E-state index contributed by atoms with van der Waals surface area (Å²) in [4.78, 5) is 0. The van der Waals surface area contributed by atoms with E-state index in [0.717, 1.165) is 31.3 Å². The number of halogens is 2. The van der Waals surface area contributed by atoms with Gasteiger partial charge in [-0.3, -0.25) is 0 Å². The molecule has 1 aliphatic rings. The summed E-state index contributed by atoms with van der Waals surface area (Å²) in [6.45, 7) is 0. The summed E-state index contributed by atoms with van der Waals surface area (Å²) >= 11 is 0. The minimum absolute atomic E-state index is 0.173. The molecule has 0 unspecified atom stereocenters. The summed E-state index contributed by atoms with van der Waals surface area (Å²) < 4.78 is 26.7. The van der Waals surface area contributed by atoms with Crippen LogP contribution in [0.15, 0.2) is 24.3 Å². The molecule has 0 saturated carbocycles. The Hall–Kier alpha value is -1.18. The quantitative estimate of drug-likeness (QED) is 0.635. The van der Waals surface area contributed by atoms with Crippen LogP contribution in [0.1, 0.15) is 31.2 Å². The van der Waals surface area contributed by atoms with E-state index in [1.165, 1.54) is 18.2 Å². The highest BCUT2D eigenvalue weighted by atomic mass is 19.1. The lowest BCUT2D eigenvalue weighted by Gasteiger charge is -2.13. The van der Waals surface area contributed by atoms with Crippen LogP contribution in [-0.2, 0) is 0 Å². The molecular formula is C12H12F2. The maximum atomic E-state index is 13.4. The maximum Gasteiger partial charge on any atom is 0.133 e. The molecule has 0 atom stereocenters. The Bertz CT molecular complexity index is 346. The van der Waals surface area contributed by atoms with Gasteiger partial charge in [0.25, 0.3) is 0 Å². The van der Waals surface area contributed by atoms with E-state index >= 15 is 0 Å².